The Morgan fingerprint density at radius 1 is 1.24 bits per heavy atom. The van der Waals surface area contributed by atoms with E-state index in [0.717, 1.165) is 63.8 Å². The second-order valence-electron chi connectivity index (χ2n) is 6.99. The van der Waals surface area contributed by atoms with Gasteiger partial charge in [-0.15, -0.1) is 0 Å². The number of carbonyl (C=O) groups excluding carboxylic acids is 1. The van der Waals surface area contributed by atoms with Crippen LogP contribution in [0.3, 0.4) is 0 Å². The fraction of sp³-hybridized carbons (Fsp3) is 0.550. The lowest BCUT2D eigenvalue weighted by atomic mass is 10.1. The van der Waals surface area contributed by atoms with Gasteiger partial charge in [0.1, 0.15) is 0 Å². The van der Waals surface area contributed by atoms with Crippen molar-refractivity contribution in [3.8, 4) is 0 Å². The number of rotatable bonds is 8. The molecule has 5 heteroatoms. The Morgan fingerprint density at radius 3 is 2.88 bits per heavy atom. The number of benzene rings is 1. The van der Waals surface area contributed by atoms with Crippen LogP contribution in [0.1, 0.15) is 37.7 Å². The molecule has 0 spiro atoms. The van der Waals surface area contributed by atoms with Crippen molar-refractivity contribution in [3.63, 3.8) is 0 Å². The van der Waals surface area contributed by atoms with Gasteiger partial charge in [-0.3, -0.25) is 4.79 Å². The Balaban J connectivity index is 1.28. The SMILES string of the molecule is O=C(CCCc1c[nH]c2ccccc12)NCCCN1CCC(O)CC1. The van der Waals surface area contributed by atoms with Crippen molar-refractivity contribution in [1.82, 2.24) is 15.2 Å². The summed E-state index contributed by atoms with van der Waals surface area (Å²) in [6, 6.07) is 8.28. The third kappa shape index (κ3) is 5.31. The maximum absolute atomic E-state index is 12.0. The molecule has 136 valence electrons. The first-order valence-corrected chi connectivity index (χ1v) is 9.44. The van der Waals surface area contributed by atoms with Gasteiger partial charge in [-0.25, -0.2) is 0 Å². The van der Waals surface area contributed by atoms with Crippen LogP contribution in [0, 0.1) is 0 Å². The number of aromatic amines is 1. The maximum Gasteiger partial charge on any atom is 0.220 e. The van der Waals surface area contributed by atoms with Gasteiger partial charge in [0, 0.05) is 43.2 Å². The van der Waals surface area contributed by atoms with E-state index in [1.807, 2.05) is 6.07 Å². The monoisotopic (exact) mass is 343 g/mol. The van der Waals surface area contributed by atoms with Crippen LogP contribution in [0.2, 0.25) is 0 Å². The topological polar surface area (TPSA) is 68.4 Å². The summed E-state index contributed by atoms with van der Waals surface area (Å²) >= 11 is 0. The van der Waals surface area contributed by atoms with Gasteiger partial charge >= 0.3 is 0 Å². The van der Waals surface area contributed by atoms with Crippen molar-refractivity contribution in [3.05, 3.63) is 36.0 Å². The van der Waals surface area contributed by atoms with Gasteiger partial charge in [0.05, 0.1) is 6.10 Å². The first kappa shape index (κ1) is 18.0. The van der Waals surface area contributed by atoms with Gasteiger partial charge < -0.3 is 20.3 Å². The highest BCUT2D eigenvalue weighted by Gasteiger charge is 2.16. The molecule has 1 amide bonds. The Kier molecular flexibility index (Phi) is 6.48. The number of aliphatic hydroxyl groups excluding tert-OH is 1. The van der Waals surface area contributed by atoms with E-state index in [1.165, 1.54) is 10.9 Å². The largest absolute Gasteiger partial charge is 0.393 e. The number of carbonyl (C=O) groups is 1. The molecule has 0 atom stereocenters. The predicted molar refractivity (Wildman–Crippen MR) is 101 cm³/mol. The Bertz CT molecular complexity index is 674. The predicted octanol–water partition coefficient (Wildman–Crippen LogP) is 2.45. The molecule has 1 aromatic carbocycles. The summed E-state index contributed by atoms with van der Waals surface area (Å²) in [6.07, 6.45) is 7.04. The summed E-state index contributed by atoms with van der Waals surface area (Å²) in [5.41, 5.74) is 2.45. The highest BCUT2D eigenvalue weighted by molar-refractivity contribution is 5.83. The van der Waals surface area contributed by atoms with E-state index in [-0.39, 0.29) is 12.0 Å². The van der Waals surface area contributed by atoms with E-state index in [4.69, 9.17) is 0 Å². The zero-order valence-corrected chi connectivity index (χ0v) is 14.8. The smallest absolute Gasteiger partial charge is 0.220 e. The number of nitrogens with one attached hydrogen (secondary N) is 2. The quantitative estimate of drug-likeness (QED) is 0.645. The summed E-state index contributed by atoms with van der Waals surface area (Å²) in [4.78, 5) is 17.6. The molecule has 1 aliphatic rings. The number of H-pyrrole nitrogens is 1. The van der Waals surface area contributed by atoms with Crippen molar-refractivity contribution < 1.29 is 9.90 Å². The van der Waals surface area contributed by atoms with E-state index in [0.29, 0.717) is 6.42 Å². The number of aryl methyl sites for hydroxylation is 1. The minimum atomic E-state index is -0.117. The average molecular weight is 343 g/mol. The van der Waals surface area contributed by atoms with E-state index in [2.05, 4.69) is 39.6 Å². The van der Waals surface area contributed by atoms with Crippen molar-refractivity contribution >= 4 is 16.8 Å². The molecule has 1 aliphatic heterocycles. The van der Waals surface area contributed by atoms with Crippen molar-refractivity contribution in [1.29, 1.82) is 0 Å². The molecule has 1 fully saturated rings. The van der Waals surface area contributed by atoms with Crippen LogP contribution in [-0.4, -0.2) is 53.2 Å². The molecule has 0 unspecified atom stereocenters. The first-order valence-electron chi connectivity index (χ1n) is 9.44. The molecule has 2 aromatic rings. The molecule has 0 saturated carbocycles. The number of aliphatic hydroxyl groups is 1. The second-order valence-corrected chi connectivity index (χ2v) is 6.99. The molecule has 0 bridgehead atoms. The molecule has 0 radical (unpaired) electrons. The number of hydrogen-bond acceptors (Lipinski definition) is 3. The van der Waals surface area contributed by atoms with Crippen molar-refractivity contribution in [2.45, 2.75) is 44.6 Å². The minimum absolute atomic E-state index is 0.117. The van der Waals surface area contributed by atoms with Gasteiger partial charge in [-0.2, -0.15) is 0 Å². The highest BCUT2D eigenvalue weighted by Crippen LogP contribution is 2.19. The number of amides is 1. The summed E-state index contributed by atoms with van der Waals surface area (Å²) in [5.74, 6) is 0.147. The summed E-state index contributed by atoms with van der Waals surface area (Å²) in [5, 5.41) is 13.8. The van der Waals surface area contributed by atoms with Crippen LogP contribution >= 0.6 is 0 Å². The molecule has 3 N–H and O–H groups in total. The van der Waals surface area contributed by atoms with E-state index >= 15 is 0 Å². The third-order valence-corrected chi connectivity index (χ3v) is 5.06. The molecule has 1 saturated heterocycles. The molecular formula is C20H29N3O2. The number of nitrogens with zero attached hydrogens (tertiary/aromatic N) is 1. The minimum Gasteiger partial charge on any atom is -0.393 e. The van der Waals surface area contributed by atoms with Crippen LogP contribution in [0.15, 0.2) is 30.5 Å². The number of hydrogen-bond donors (Lipinski definition) is 3. The lowest BCUT2D eigenvalue weighted by Gasteiger charge is -2.29. The van der Waals surface area contributed by atoms with Gasteiger partial charge in [-0.05, 0) is 50.3 Å². The fourth-order valence-electron chi connectivity index (χ4n) is 3.54. The van der Waals surface area contributed by atoms with Crippen molar-refractivity contribution in [2.75, 3.05) is 26.2 Å². The lowest BCUT2D eigenvalue weighted by molar-refractivity contribution is -0.121. The lowest BCUT2D eigenvalue weighted by Crippen LogP contribution is -2.37. The molecule has 1 aromatic heterocycles. The number of likely N-dealkylation sites (tertiary alicyclic amines) is 1. The number of piperidine rings is 1. The van der Waals surface area contributed by atoms with Crippen LogP contribution < -0.4 is 5.32 Å². The van der Waals surface area contributed by atoms with Crippen LogP contribution in [-0.2, 0) is 11.2 Å². The van der Waals surface area contributed by atoms with Gasteiger partial charge in [0.2, 0.25) is 5.91 Å². The van der Waals surface area contributed by atoms with Crippen LogP contribution in [0.4, 0.5) is 0 Å². The van der Waals surface area contributed by atoms with Gasteiger partial charge in [0.15, 0.2) is 0 Å². The van der Waals surface area contributed by atoms with E-state index in [9.17, 15) is 9.90 Å². The third-order valence-electron chi connectivity index (χ3n) is 5.06. The molecule has 3 rings (SSSR count). The number of para-hydroxylation sites is 1. The van der Waals surface area contributed by atoms with E-state index in [1.54, 1.807) is 0 Å². The molecule has 5 nitrogen and oxygen atoms in total. The average Bonchev–Trinajstić information content (AvgIpc) is 3.04. The number of fused-ring (bicyclic) bond motifs is 1. The van der Waals surface area contributed by atoms with Crippen molar-refractivity contribution in [2.24, 2.45) is 0 Å². The zero-order valence-electron chi connectivity index (χ0n) is 14.8. The Hall–Kier alpha value is -1.85. The highest BCUT2D eigenvalue weighted by atomic mass is 16.3. The Labute approximate surface area is 149 Å². The standard InChI is InChI=1S/C20H29N3O2/c24-17-9-13-23(14-10-17)12-4-11-21-20(25)8-3-5-16-15-22-19-7-2-1-6-18(16)19/h1-2,6-7,15,17,22,24H,3-5,8-14H2,(H,21,25). The zero-order chi connectivity index (χ0) is 17.5. The van der Waals surface area contributed by atoms with Crippen LogP contribution in [0.5, 0.6) is 0 Å². The van der Waals surface area contributed by atoms with Crippen LogP contribution in [0.25, 0.3) is 10.9 Å². The molecular weight excluding hydrogens is 314 g/mol. The molecule has 2 heterocycles. The first-order chi connectivity index (χ1) is 12.2. The Morgan fingerprint density at radius 2 is 2.04 bits per heavy atom. The summed E-state index contributed by atoms with van der Waals surface area (Å²) < 4.78 is 0. The summed E-state index contributed by atoms with van der Waals surface area (Å²) in [6.45, 7) is 3.69. The number of aromatic nitrogens is 1. The maximum atomic E-state index is 12.0. The van der Waals surface area contributed by atoms with E-state index < -0.39 is 0 Å². The summed E-state index contributed by atoms with van der Waals surface area (Å²) in [7, 11) is 0. The molecule has 0 aliphatic carbocycles. The normalized spacial score (nSPS) is 16.4. The second kappa shape index (κ2) is 9.02. The molecule has 25 heavy (non-hydrogen) atoms. The fourth-order valence-corrected chi connectivity index (χ4v) is 3.54. The van der Waals surface area contributed by atoms with Gasteiger partial charge in [-0.1, -0.05) is 18.2 Å². The van der Waals surface area contributed by atoms with Gasteiger partial charge in [0.25, 0.3) is 0 Å².